The average Bonchev–Trinajstić information content (AvgIpc) is 3.30. The molecule has 42 heavy (non-hydrogen) atoms. The molecule has 3 aliphatic carbocycles. The molecule has 0 aromatic heterocycles. The number of methoxy groups -OCH3 is 1. The van der Waals surface area contributed by atoms with Gasteiger partial charge in [0, 0.05) is 23.6 Å². The molecule has 0 spiro atoms. The highest BCUT2D eigenvalue weighted by Gasteiger charge is 2.61. The molecule has 1 fully saturated rings. The van der Waals surface area contributed by atoms with Crippen LogP contribution in [0.3, 0.4) is 0 Å². The highest BCUT2D eigenvalue weighted by Crippen LogP contribution is 2.61. The molecule has 8 rings (SSSR count). The summed E-state index contributed by atoms with van der Waals surface area (Å²) in [6, 6.07) is 29.2. The molecular formula is C34H26N2O6. The van der Waals surface area contributed by atoms with Gasteiger partial charge in [-0.05, 0) is 58.7 Å². The fourth-order valence-electron chi connectivity index (χ4n) is 6.79. The van der Waals surface area contributed by atoms with Crippen LogP contribution in [0.25, 0.3) is 0 Å². The molecule has 4 aromatic rings. The lowest BCUT2D eigenvalue weighted by atomic mass is 9.55. The zero-order chi connectivity index (χ0) is 29.0. The molecule has 1 heterocycles. The van der Waals surface area contributed by atoms with E-state index in [1.54, 1.807) is 36.4 Å². The predicted molar refractivity (Wildman–Crippen MR) is 154 cm³/mol. The van der Waals surface area contributed by atoms with Gasteiger partial charge in [-0.1, -0.05) is 54.6 Å². The third-order valence-corrected chi connectivity index (χ3v) is 8.50. The van der Waals surface area contributed by atoms with Crippen LogP contribution in [0.4, 0.5) is 11.4 Å². The number of nitrogens with zero attached hydrogens (tertiary/aromatic N) is 1. The van der Waals surface area contributed by atoms with Gasteiger partial charge in [-0.25, -0.2) is 9.69 Å². The minimum absolute atomic E-state index is 0.189. The summed E-state index contributed by atoms with van der Waals surface area (Å²) in [5.74, 6) is -2.42. The number of carbonyl (C=O) groups is 4. The van der Waals surface area contributed by atoms with E-state index in [1.165, 1.54) is 24.1 Å². The van der Waals surface area contributed by atoms with Gasteiger partial charge in [-0.15, -0.1) is 0 Å². The largest absolute Gasteiger partial charge is 0.497 e. The third kappa shape index (κ3) is 3.98. The summed E-state index contributed by atoms with van der Waals surface area (Å²) in [7, 11) is 1.53. The van der Waals surface area contributed by atoms with E-state index in [4.69, 9.17) is 9.47 Å². The molecule has 0 radical (unpaired) electrons. The van der Waals surface area contributed by atoms with Crippen LogP contribution in [-0.4, -0.2) is 37.4 Å². The first-order valence-electron chi connectivity index (χ1n) is 13.7. The van der Waals surface area contributed by atoms with Crippen molar-refractivity contribution in [1.82, 2.24) is 0 Å². The van der Waals surface area contributed by atoms with Crippen LogP contribution in [0.15, 0.2) is 97.1 Å². The fraction of sp³-hybridized carbons (Fsp3) is 0.176. The molecule has 0 saturated carbocycles. The topological polar surface area (TPSA) is 102 Å². The molecule has 4 aliphatic rings. The summed E-state index contributed by atoms with van der Waals surface area (Å²) in [6.07, 6.45) is 0. The maximum atomic E-state index is 13.9. The van der Waals surface area contributed by atoms with Crippen molar-refractivity contribution in [3.05, 3.63) is 125 Å². The number of rotatable bonds is 6. The summed E-state index contributed by atoms with van der Waals surface area (Å²) in [6.45, 7) is -0.478. The number of nitrogens with one attached hydrogen (secondary N) is 1. The molecule has 2 atom stereocenters. The van der Waals surface area contributed by atoms with E-state index in [0.717, 1.165) is 22.3 Å². The quantitative estimate of drug-likeness (QED) is 0.267. The van der Waals surface area contributed by atoms with Crippen molar-refractivity contribution < 1.29 is 28.7 Å². The molecule has 1 saturated heterocycles. The summed E-state index contributed by atoms with van der Waals surface area (Å²) in [4.78, 5) is 54.0. The van der Waals surface area contributed by atoms with Crippen molar-refractivity contribution in [1.29, 1.82) is 0 Å². The Balaban J connectivity index is 1.08. The normalized spacial score (nSPS) is 21.3. The van der Waals surface area contributed by atoms with E-state index in [0.29, 0.717) is 17.1 Å². The van der Waals surface area contributed by atoms with Gasteiger partial charge in [0.25, 0.3) is 5.91 Å². The SMILES string of the molecule is COc1cccc(NC(=O)COC(=O)c2ccc(N3C(=O)[C@@H]4C5c6ccccc6C(c6ccccc65)[C@H]4C3=O)cc2)c1. The third-order valence-electron chi connectivity index (χ3n) is 8.50. The standard InChI is InChI=1S/C34H26N2O6/c1-41-22-8-6-7-20(17-22)35-27(37)18-42-34(40)19-13-15-21(16-14-19)36-32(38)30-28-23-9-2-3-10-24(23)29(31(30)33(36)39)26-12-5-4-11-25(26)28/h2-17,28-31H,18H2,1H3,(H,35,37)/t28?,29?,30-,31-/m1/s1. The van der Waals surface area contributed by atoms with Crippen LogP contribution >= 0.6 is 0 Å². The zero-order valence-electron chi connectivity index (χ0n) is 22.7. The number of ether oxygens (including phenoxy) is 2. The molecule has 3 amide bonds. The molecule has 0 unspecified atom stereocenters. The van der Waals surface area contributed by atoms with E-state index in [1.807, 2.05) is 24.3 Å². The molecule has 1 aliphatic heterocycles. The van der Waals surface area contributed by atoms with E-state index in [2.05, 4.69) is 29.6 Å². The number of hydrogen-bond acceptors (Lipinski definition) is 6. The first kappa shape index (κ1) is 25.7. The van der Waals surface area contributed by atoms with E-state index in [-0.39, 0.29) is 29.2 Å². The van der Waals surface area contributed by atoms with Crippen molar-refractivity contribution >= 4 is 35.1 Å². The smallest absolute Gasteiger partial charge is 0.338 e. The molecule has 208 valence electrons. The second kappa shape index (κ2) is 9.99. The Morgan fingerprint density at radius 2 is 1.29 bits per heavy atom. The van der Waals surface area contributed by atoms with Crippen molar-refractivity contribution in [3.8, 4) is 5.75 Å². The number of amides is 3. The first-order chi connectivity index (χ1) is 20.5. The molecule has 2 bridgehead atoms. The van der Waals surface area contributed by atoms with Crippen LogP contribution in [-0.2, 0) is 19.1 Å². The monoisotopic (exact) mass is 558 g/mol. The van der Waals surface area contributed by atoms with Gasteiger partial charge in [0.1, 0.15) is 5.75 Å². The van der Waals surface area contributed by atoms with Gasteiger partial charge in [0.2, 0.25) is 11.8 Å². The Bertz CT molecular complexity index is 1650. The second-order valence-corrected chi connectivity index (χ2v) is 10.7. The summed E-state index contributed by atoms with van der Waals surface area (Å²) in [5, 5.41) is 2.65. The Morgan fingerprint density at radius 1 is 0.738 bits per heavy atom. The van der Waals surface area contributed by atoms with Crippen LogP contribution in [0, 0.1) is 11.8 Å². The van der Waals surface area contributed by atoms with Gasteiger partial charge in [-0.2, -0.15) is 0 Å². The minimum atomic E-state index is -0.695. The number of anilines is 2. The zero-order valence-corrected chi connectivity index (χ0v) is 22.7. The Kier molecular flexibility index (Phi) is 6.12. The van der Waals surface area contributed by atoms with E-state index >= 15 is 0 Å². The Hall–Kier alpha value is -5.24. The van der Waals surface area contributed by atoms with Crippen LogP contribution in [0.2, 0.25) is 0 Å². The molecule has 8 nitrogen and oxygen atoms in total. The Labute approximate surface area is 241 Å². The van der Waals surface area contributed by atoms with Crippen LogP contribution < -0.4 is 15.0 Å². The van der Waals surface area contributed by atoms with Gasteiger partial charge >= 0.3 is 5.97 Å². The maximum Gasteiger partial charge on any atom is 0.338 e. The van der Waals surface area contributed by atoms with Gasteiger partial charge in [-0.3, -0.25) is 14.4 Å². The predicted octanol–water partition coefficient (Wildman–Crippen LogP) is 4.89. The average molecular weight is 559 g/mol. The van der Waals surface area contributed by atoms with E-state index < -0.39 is 30.3 Å². The lowest BCUT2D eigenvalue weighted by Gasteiger charge is -2.45. The molecule has 4 aromatic carbocycles. The minimum Gasteiger partial charge on any atom is -0.497 e. The van der Waals surface area contributed by atoms with E-state index in [9.17, 15) is 19.2 Å². The van der Waals surface area contributed by atoms with Crippen molar-refractivity contribution in [3.63, 3.8) is 0 Å². The molecular weight excluding hydrogens is 532 g/mol. The summed E-state index contributed by atoms with van der Waals surface area (Å²) < 4.78 is 10.3. The first-order valence-corrected chi connectivity index (χ1v) is 13.7. The summed E-state index contributed by atoms with van der Waals surface area (Å²) in [5.41, 5.74) is 5.55. The van der Waals surface area contributed by atoms with Crippen molar-refractivity contribution in [2.75, 3.05) is 23.9 Å². The van der Waals surface area contributed by atoms with Crippen LogP contribution in [0.5, 0.6) is 5.75 Å². The summed E-state index contributed by atoms with van der Waals surface area (Å²) >= 11 is 0. The van der Waals surface area contributed by atoms with Gasteiger partial charge in [0.05, 0.1) is 30.2 Å². The molecule has 1 N–H and O–H groups in total. The van der Waals surface area contributed by atoms with Crippen LogP contribution in [0.1, 0.15) is 44.4 Å². The van der Waals surface area contributed by atoms with Gasteiger partial charge in [0.15, 0.2) is 6.61 Å². The number of esters is 1. The highest BCUT2D eigenvalue weighted by atomic mass is 16.5. The lowest BCUT2D eigenvalue weighted by molar-refractivity contribution is -0.122. The maximum absolute atomic E-state index is 13.9. The fourth-order valence-corrected chi connectivity index (χ4v) is 6.79. The number of hydrogen-bond donors (Lipinski definition) is 1. The number of imide groups is 1. The van der Waals surface area contributed by atoms with Crippen molar-refractivity contribution in [2.24, 2.45) is 11.8 Å². The number of benzene rings is 4. The molecule has 8 heteroatoms. The number of carbonyl (C=O) groups excluding carboxylic acids is 4. The van der Waals surface area contributed by atoms with Crippen molar-refractivity contribution in [2.45, 2.75) is 11.8 Å². The lowest BCUT2D eigenvalue weighted by Crippen LogP contribution is -2.41. The Morgan fingerprint density at radius 3 is 1.81 bits per heavy atom. The van der Waals surface area contributed by atoms with Gasteiger partial charge < -0.3 is 14.8 Å². The second-order valence-electron chi connectivity index (χ2n) is 10.7. The highest BCUT2D eigenvalue weighted by molar-refractivity contribution is 6.23.